The zero-order valence-electron chi connectivity index (χ0n) is 17.1. The van der Waals surface area contributed by atoms with E-state index in [1.807, 2.05) is 30.5 Å². The van der Waals surface area contributed by atoms with Gasteiger partial charge in [-0.15, -0.1) is 10.2 Å². The number of aromatic nitrogens is 6. The van der Waals surface area contributed by atoms with Gasteiger partial charge in [-0.3, -0.25) is 4.79 Å². The maximum absolute atomic E-state index is 12.6. The van der Waals surface area contributed by atoms with E-state index in [-0.39, 0.29) is 11.8 Å². The van der Waals surface area contributed by atoms with Crippen molar-refractivity contribution in [2.75, 3.05) is 24.5 Å². The summed E-state index contributed by atoms with van der Waals surface area (Å²) in [5.41, 5.74) is 2.37. The molecule has 9 nitrogen and oxygen atoms in total. The molecule has 0 atom stereocenters. The molecule has 4 aromatic rings. The third-order valence-electron chi connectivity index (χ3n) is 5.85. The zero-order valence-corrected chi connectivity index (χ0v) is 17.1. The summed E-state index contributed by atoms with van der Waals surface area (Å²) in [6.07, 6.45) is 7.53. The quantitative estimate of drug-likeness (QED) is 0.499. The Kier molecular flexibility index (Phi) is 5.30. The van der Waals surface area contributed by atoms with Gasteiger partial charge in [-0.05, 0) is 43.0 Å². The fourth-order valence-corrected chi connectivity index (χ4v) is 4.11. The van der Waals surface area contributed by atoms with Crippen molar-refractivity contribution in [3.05, 3.63) is 60.8 Å². The second-order valence-electron chi connectivity index (χ2n) is 7.75. The first-order valence-corrected chi connectivity index (χ1v) is 10.5. The number of nitrogens with zero attached hydrogens (tertiary/aromatic N) is 6. The number of anilines is 1. The van der Waals surface area contributed by atoms with Crippen molar-refractivity contribution >= 4 is 22.6 Å². The van der Waals surface area contributed by atoms with Gasteiger partial charge in [-0.2, -0.15) is 5.10 Å². The molecule has 4 heterocycles. The number of aromatic amines is 1. The minimum absolute atomic E-state index is 0.0431. The first-order chi connectivity index (χ1) is 15.3. The predicted octanol–water partition coefficient (Wildman–Crippen LogP) is 2.11. The number of benzene rings is 1. The SMILES string of the molecule is O=C(NCCc1c[nH]c2ccccc12)C1CCN(c2ccc(-n3cncn3)nn2)CC1. The maximum Gasteiger partial charge on any atom is 0.223 e. The van der Waals surface area contributed by atoms with E-state index in [1.165, 1.54) is 17.3 Å². The van der Waals surface area contributed by atoms with Crippen LogP contribution in [0.15, 0.2) is 55.2 Å². The summed E-state index contributed by atoms with van der Waals surface area (Å²) in [5, 5.41) is 16.9. The molecule has 31 heavy (non-hydrogen) atoms. The molecule has 1 aliphatic rings. The Morgan fingerprint density at radius 2 is 1.90 bits per heavy atom. The van der Waals surface area contributed by atoms with E-state index in [0.29, 0.717) is 12.4 Å². The summed E-state index contributed by atoms with van der Waals surface area (Å²) in [5.74, 6) is 1.64. The highest BCUT2D eigenvalue weighted by Crippen LogP contribution is 2.22. The van der Waals surface area contributed by atoms with Gasteiger partial charge in [0.05, 0.1) is 0 Å². The van der Waals surface area contributed by atoms with Crippen LogP contribution in [0.3, 0.4) is 0 Å². The number of fused-ring (bicyclic) bond motifs is 1. The van der Waals surface area contributed by atoms with Crippen LogP contribution in [0.1, 0.15) is 18.4 Å². The van der Waals surface area contributed by atoms with Crippen molar-refractivity contribution in [1.29, 1.82) is 0 Å². The van der Waals surface area contributed by atoms with Gasteiger partial charge in [-0.1, -0.05) is 18.2 Å². The van der Waals surface area contributed by atoms with E-state index >= 15 is 0 Å². The smallest absolute Gasteiger partial charge is 0.223 e. The highest BCUT2D eigenvalue weighted by Gasteiger charge is 2.25. The molecule has 5 rings (SSSR count). The Bertz CT molecular complexity index is 1140. The number of hydrogen-bond donors (Lipinski definition) is 2. The lowest BCUT2D eigenvalue weighted by Crippen LogP contribution is -2.41. The van der Waals surface area contributed by atoms with Crippen LogP contribution in [-0.4, -0.2) is 55.5 Å². The molecule has 1 aromatic carbocycles. The molecular formula is C22H24N8O. The lowest BCUT2D eigenvalue weighted by Gasteiger charge is -2.31. The highest BCUT2D eigenvalue weighted by atomic mass is 16.1. The Balaban J connectivity index is 1.10. The Hall–Kier alpha value is -3.75. The summed E-state index contributed by atoms with van der Waals surface area (Å²) >= 11 is 0. The molecule has 0 saturated carbocycles. The van der Waals surface area contributed by atoms with Crippen LogP contribution < -0.4 is 10.2 Å². The number of para-hydroxylation sites is 1. The number of carbonyl (C=O) groups is 1. The molecule has 0 spiro atoms. The zero-order chi connectivity index (χ0) is 21.0. The molecule has 3 aromatic heterocycles. The normalized spacial score (nSPS) is 14.8. The summed E-state index contributed by atoms with van der Waals surface area (Å²) in [7, 11) is 0. The molecule has 1 amide bonds. The number of carbonyl (C=O) groups excluding carboxylic acids is 1. The summed E-state index contributed by atoms with van der Waals surface area (Å²) in [6, 6.07) is 12.1. The van der Waals surface area contributed by atoms with E-state index in [2.05, 4.69) is 47.6 Å². The number of amides is 1. The van der Waals surface area contributed by atoms with Crippen LogP contribution in [0.5, 0.6) is 0 Å². The molecule has 0 bridgehead atoms. The summed E-state index contributed by atoms with van der Waals surface area (Å²) in [4.78, 5) is 22.0. The predicted molar refractivity (Wildman–Crippen MR) is 117 cm³/mol. The summed E-state index contributed by atoms with van der Waals surface area (Å²) in [6.45, 7) is 2.23. The van der Waals surface area contributed by atoms with Gasteiger partial charge in [0, 0.05) is 42.7 Å². The molecule has 0 radical (unpaired) electrons. The Labute approximate surface area is 179 Å². The second-order valence-corrected chi connectivity index (χ2v) is 7.75. The lowest BCUT2D eigenvalue weighted by atomic mass is 9.96. The number of H-pyrrole nitrogens is 1. The van der Waals surface area contributed by atoms with Crippen molar-refractivity contribution in [3.63, 3.8) is 0 Å². The Morgan fingerprint density at radius 1 is 1.10 bits per heavy atom. The van der Waals surface area contributed by atoms with Crippen molar-refractivity contribution < 1.29 is 4.79 Å². The van der Waals surface area contributed by atoms with E-state index < -0.39 is 0 Å². The fourth-order valence-electron chi connectivity index (χ4n) is 4.11. The van der Waals surface area contributed by atoms with Gasteiger partial charge in [0.15, 0.2) is 11.6 Å². The Morgan fingerprint density at radius 3 is 2.68 bits per heavy atom. The average molecular weight is 416 g/mol. The van der Waals surface area contributed by atoms with Gasteiger partial charge in [0.2, 0.25) is 5.91 Å². The third kappa shape index (κ3) is 4.11. The molecule has 0 aliphatic carbocycles. The molecule has 1 aliphatic heterocycles. The molecule has 1 saturated heterocycles. The van der Waals surface area contributed by atoms with Gasteiger partial charge in [-0.25, -0.2) is 9.67 Å². The molecule has 0 unspecified atom stereocenters. The minimum atomic E-state index is 0.0431. The van der Waals surface area contributed by atoms with Crippen LogP contribution in [-0.2, 0) is 11.2 Å². The van der Waals surface area contributed by atoms with Crippen LogP contribution >= 0.6 is 0 Å². The van der Waals surface area contributed by atoms with Crippen LogP contribution in [0, 0.1) is 5.92 Å². The van der Waals surface area contributed by atoms with Gasteiger partial charge >= 0.3 is 0 Å². The van der Waals surface area contributed by atoms with E-state index in [9.17, 15) is 4.79 Å². The molecule has 9 heteroatoms. The largest absolute Gasteiger partial charge is 0.361 e. The maximum atomic E-state index is 12.6. The fraction of sp³-hybridized carbons (Fsp3) is 0.318. The second kappa shape index (κ2) is 8.55. The van der Waals surface area contributed by atoms with Crippen LogP contribution in [0.4, 0.5) is 5.82 Å². The first kappa shape index (κ1) is 19.2. The number of rotatable bonds is 6. The van der Waals surface area contributed by atoms with Gasteiger partial charge < -0.3 is 15.2 Å². The number of hydrogen-bond acceptors (Lipinski definition) is 6. The minimum Gasteiger partial charge on any atom is -0.361 e. The standard InChI is InChI=1S/C22H24N8O/c31-22(24-10-7-17-13-25-19-4-2-1-3-18(17)19)16-8-11-29(12-9-16)20-5-6-21(28-27-20)30-15-23-14-26-30/h1-6,13-16,25H,7-12H2,(H,24,31). The monoisotopic (exact) mass is 416 g/mol. The van der Waals surface area contributed by atoms with Gasteiger partial charge in [0.1, 0.15) is 12.7 Å². The van der Waals surface area contributed by atoms with E-state index in [4.69, 9.17) is 0 Å². The highest BCUT2D eigenvalue weighted by molar-refractivity contribution is 5.83. The van der Waals surface area contributed by atoms with E-state index in [0.717, 1.165) is 43.7 Å². The van der Waals surface area contributed by atoms with Crippen molar-refractivity contribution in [2.45, 2.75) is 19.3 Å². The van der Waals surface area contributed by atoms with Gasteiger partial charge in [0.25, 0.3) is 0 Å². The lowest BCUT2D eigenvalue weighted by molar-refractivity contribution is -0.125. The number of piperidine rings is 1. The van der Waals surface area contributed by atoms with Crippen LogP contribution in [0.2, 0.25) is 0 Å². The number of nitrogens with one attached hydrogen (secondary N) is 2. The molecular weight excluding hydrogens is 392 g/mol. The van der Waals surface area contributed by atoms with Crippen molar-refractivity contribution in [1.82, 2.24) is 35.3 Å². The van der Waals surface area contributed by atoms with Crippen molar-refractivity contribution in [2.24, 2.45) is 5.92 Å². The topological polar surface area (TPSA) is 105 Å². The average Bonchev–Trinajstić information content (AvgIpc) is 3.50. The third-order valence-corrected chi connectivity index (χ3v) is 5.85. The van der Waals surface area contributed by atoms with Crippen molar-refractivity contribution in [3.8, 4) is 5.82 Å². The first-order valence-electron chi connectivity index (χ1n) is 10.5. The van der Waals surface area contributed by atoms with Crippen LogP contribution in [0.25, 0.3) is 16.7 Å². The molecule has 1 fully saturated rings. The van der Waals surface area contributed by atoms with E-state index in [1.54, 1.807) is 11.0 Å². The molecule has 2 N–H and O–H groups in total. The summed E-state index contributed by atoms with van der Waals surface area (Å²) < 4.78 is 1.57. The molecule has 158 valence electrons.